The van der Waals surface area contributed by atoms with Crippen molar-refractivity contribution in [3.8, 4) is 11.3 Å². The topological polar surface area (TPSA) is 114 Å². The number of nitro groups is 1. The number of nitrogens with zero attached hydrogens (tertiary/aromatic N) is 6. The summed E-state index contributed by atoms with van der Waals surface area (Å²) in [6.07, 6.45) is 8.03. The predicted octanol–water partition coefficient (Wildman–Crippen LogP) is 3.73. The van der Waals surface area contributed by atoms with Gasteiger partial charge in [-0.2, -0.15) is 5.10 Å². The Morgan fingerprint density at radius 3 is 2.57 bits per heavy atom. The van der Waals surface area contributed by atoms with Gasteiger partial charge in [-0.3, -0.25) is 24.4 Å². The van der Waals surface area contributed by atoms with E-state index in [1.807, 2.05) is 22.1 Å². The van der Waals surface area contributed by atoms with Crippen molar-refractivity contribution in [2.45, 2.75) is 30.8 Å². The smallest absolute Gasteiger partial charge is 0.270 e. The van der Waals surface area contributed by atoms with Gasteiger partial charge in [0, 0.05) is 56.3 Å². The van der Waals surface area contributed by atoms with Gasteiger partial charge in [-0.1, -0.05) is 12.1 Å². The van der Waals surface area contributed by atoms with Crippen molar-refractivity contribution in [3.05, 3.63) is 70.5 Å². The molecule has 2 aliphatic rings. The highest BCUT2D eigenvalue weighted by atomic mass is 32.2. The highest BCUT2D eigenvalue weighted by Gasteiger charge is 2.43. The Labute approximate surface area is 218 Å². The van der Waals surface area contributed by atoms with Crippen molar-refractivity contribution in [1.29, 1.82) is 0 Å². The van der Waals surface area contributed by atoms with E-state index in [1.165, 1.54) is 23.9 Å². The lowest BCUT2D eigenvalue weighted by Crippen LogP contribution is -2.45. The first-order valence-corrected chi connectivity index (χ1v) is 13.4. The molecule has 0 unspecified atom stereocenters. The van der Waals surface area contributed by atoms with Gasteiger partial charge in [0.25, 0.3) is 11.6 Å². The number of carbonyl (C=O) groups is 2. The molecule has 0 atom stereocenters. The maximum Gasteiger partial charge on any atom is 0.270 e. The molecule has 1 spiro atoms. The molecule has 2 saturated heterocycles. The fraction of sp³-hybridized carbons (Fsp3) is 0.385. The fourth-order valence-electron chi connectivity index (χ4n) is 5.25. The van der Waals surface area contributed by atoms with Gasteiger partial charge in [0.1, 0.15) is 11.6 Å². The molecule has 0 saturated carbocycles. The minimum absolute atomic E-state index is 0.00312. The third-order valence-electron chi connectivity index (χ3n) is 7.39. The van der Waals surface area contributed by atoms with Crippen LogP contribution in [0.1, 0.15) is 29.6 Å². The Kier molecular flexibility index (Phi) is 6.96. The Hall–Kier alpha value is -3.73. The van der Waals surface area contributed by atoms with Gasteiger partial charge in [0.15, 0.2) is 0 Å². The normalized spacial score (nSPS) is 16.8. The summed E-state index contributed by atoms with van der Waals surface area (Å²) in [4.78, 5) is 44.9. The number of carbonyl (C=O) groups excluding carboxylic acids is 2. The number of likely N-dealkylation sites (tertiary alicyclic amines) is 2. The van der Waals surface area contributed by atoms with E-state index < -0.39 is 4.92 Å². The van der Waals surface area contributed by atoms with Crippen LogP contribution in [0.2, 0.25) is 0 Å². The number of nitro benzene ring substituents is 1. The number of piperidine rings is 1. The zero-order chi connectivity index (χ0) is 26.0. The van der Waals surface area contributed by atoms with E-state index in [2.05, 4.69) is 10.1 Å². The van der Waals surface area contributed by atoms with E-state index in [0.29, 0.717) is 43.0 Å². The van der Waals surface area contributed by atoms with E-state index >= 15 is 0 Å². The fourth-order valence-corrected chi connectivity index (χ4v) is 5.79. The second kappa shape index (κ2) is 10.3. The Balaban J connectivity index is 1.17. The maximum absolute atomic E-state index is 13.1. The number of thioether (sulfide) groups is 1. The largest absolute Gasteiger partial charge is 0.341 e. The van der Waals surface area contributed by atoms with E-state index in [0.717, 1.165) is 24.3 Å². The zero-order valence-corrected chi connectivity index (χ0v) is 21.4. The molecule has 5 rings (SSSR count). The van der Waals surface area contributed by atoms with Crippen molar-refractivity contribution in [3.63, 3.8) is 0 Å². The van der Waals surface area contributed by atoms with Gasteiger partial charge in [-0.05, 0) is 49.1 Å². The Morgan fingerprint density at radius 2 is 1.84 bits per heavy atom. The van der Waals surface area contributed by atoms with Crippen molar-refractivity contribution < 1.29 is 14.5 Å². The molecular formula is C26H28N6O4S. The molecule has 2 aliphatic heterocycles. The number of aromatic nitrogens is 3. The summed E-state index contributed by atoms with van der Waals surface area (Å²) in [5.74, 6) is 0.0282. The van der Waals surface area contributed by atoms with Crippen LogP contribution in [0.25, 0.3) is 11.3 Å². The molecular weight excluding hydrogens is 492 g/mol. The molecule has 10 nitrogen and oxygen atoms in total. The lowest BCUT2D eigenvalue weighted by atomic mass is 9.77. The summed E-state index contributed by atoms with van der Waals surface area (Å²) >= 11 is 1.48. The van der Waals surface area contributed by atoms with Crippen LogP contribution in [0, 0.1) is 15.5 Å². The zero-order valence-electron chi connectivity index (χ0n) is 20.6. The average Bonchev–Trinajstić information content (AvgIpc) is 3.56. The van der Waals surface area contributed by atoms with E-state index in [-0.39, 0.29) is 29.5 Å². The first-order valence-electron chi connectivity index (χ1n) is 12.2. The lowest BCUT2D eigenvalue weighted by molar-refractivity contribution is -0.384. The molecule has 0 aliphatic carbocycles. The maximum atomic E-state index is 13.1. The van der Waals surface area contributed by atoms with Crippen molar-refractivity contribution in [2.75, 3.05) is 32.4 Å². The third-order valence-corrected chi connectivity index (χ3v) is 8.10. The summed E-state index contributed by atoms with van der Waals surface area (Å²) in [6.45, 7) is 2.86. The molecule has 2 amide bonds. The number of non-ortho nitro benzene ring substituents is 1. The summed E-state index contributed by atoms with van der Waals surface area (Å²) < 4.78 is 1.58. The van der Waals surface area contributed by atoms with Crippen LogP contribution in [-0.2, 0) is 11.3 Å². The summed E-state index contributed by atoms with van der Waals surface area (Å²) in [7, 11) is 0. The molecule has 0 radical (unpaired) electrons. The minimum Gasteiger partial charge on any atom is -0.341 e. The van der Waals surface area contributed by atoms with E-state index in [1.54, 1.807) is 41.3 Å². The van der Waals surface area contributed by atoms with Crippen LogP contribution in [-0.4, -0.2) is 73.7 Å². The van der Waals surface area contributed by atoms with Gasteiger partial charge < -0.3 is 9.80 Å². The van der Waals surface area contributed by atoms with E-state index in [9.17, 15) is 19.7 Å². The third kappa shape index (κ3) is 5.22. The van der Waals surface area contributed by atoms with Crippen molar-refractivity contribution in [2.24, 2.45) is 5.41 Å². The van der Waals surface area contributed by atoms with Crippen LogP contribution in [0.4, 0.5) is 5.69 Å². The monoisotopic (exact) mass is 520 g/mol. The lowest BCUT2D eigenvalue weighted by Gasteiger charge is -2.39. The molecule has 0 N–H and O–H groups in total. The second-order valence-corrected chi connectivity index (χ2v) is 10.4. The molecule has 3 aromatic rings. The SMILES string of the molecule is CSc1ncccc1C(=O)N1CCC2(CCN(C(=O)Cn3ccc(-c4cccc([N+](=O)[O-])c4)n3)C2)CC1. The number of rotatable bonds is 6. The van der Waals surface area contributed by atoms with Gasteiger partial charge >= 0.3 is 0 Å². The molecule has 11 heteroatoms. The Morgan fingerprint density at radius 1 is 1.08 bits per heavy atom. The molecule has 37 heavy (non-hydrogen) atoms. The van der Waals surface area contributed by atoms with Gasteiger partial charge in [-0.15, -0.1) is 11.8 Å². The number of benzene rings is 1. The summed E-state index contributed by atoms with van der Waals surface area (Å²) in [5.41, 5.74) is 1.92. The second-order valence-electron chi connectivity index (χ2n) is 9.62. The first-order chi connectivity index (χ1) is 17.9. The standard InChI is InChI=1S/C26H28N6O4S/c1-37-24-21(6-3-11-27-24)25(34)29-13-8-26(9-14-29)10-15-30(18-26)23(33)17-31-12-7-22(28-31)19-4-2-5-20(16-19)32(35)36/h2-7,11-12,16H,8-10,13-15,17-18H2,1H3. The quantitative estimate of drug-likeness (QED) is 0.276. The minimum atomic E-state index is -0.437. The van der Waals surface area contributed by atoms with Crippen LogP contribution in [0.15, 0.2) is 59.9 Å². The molecule has 1 aromatic carbocycles. The average molecular weight is 521 g/mol. The molecule has 2 aromatic heterocycles. The molecule has 0 bridgehead atoms. The summed E-state index contributed by atoms with van der Waals surface area (Å²) in [5, 5.41) is 16.3. The number of hydrogen-bond donors (Lipinski definition) is 0. The van der Waals surface area contributed by atoms with Crippen LogP contribution >= 0.6 is 11.8 Å². The highest BCUT2D eigenvalue weighted by Crippen LogP contribution is 2.41. The van der Waals surface area contributed by atoms with Gasteiger partial charge in [0.05, 0.1) is 16.2 Å². The molecule has 192 valence electrons. The predicted molar refractivity (Wildman–Crippen MR) is 139 cm³/mol. The van der Waals surface area contributed by atoms with Crippen molar-refractivity contribution >= 4 is 29.3 Å². The number of pyridine rings is 1. The Bertz CT molecular complexity index is 1330. The van der Waals surface area contributed by atoms with Gasteiger partial charge in [-0.25, -0.2) is 4.98 Å². The van der Waals surface area contributed by atoms with Crippen LogP contribution in [0.3, 0.4) is 0 Å². The first kappa shape index (κ1) is 24.9. The van der Waals surface area contributed by atoms with Gasteiger partial charge in [0.2, 0.25) is 5.91 Å². The van der Waals surface area contributed by atoms with Crippen LogP contribution in [0.5, 0.6) is 0 Å². The van der Waals surface area contributed by atoms with Crippen LogP contribution < -0.4 is 0 Å². The molecule has 4 heterocycles. The number of hydrogen-bond acceptors (Lipinski definition) is 7. The molecule has 2 fully saturated rings. The van der Waals surface area contributed by atoms with E-state index in [4.69, 9.17) is 0 Å². The highest BCUT2D eigenvalue weighted by molar-refractivity contribution is 7.98. The summed E-state index contributed by atoms with van der Waals surface area (Å²) in [6, 6.07) is 11.7. The number of amides is 2. The van der Waals surface area contributed by atoms with Crippen molar-refractivity contribution in [1.82, 2.24) is 24.6 Å².